The van der Waals surface area contributed by atoms with Crippen LogP contribution in [0.15, 0.2) is 6.20 Å². The SMILES string of the molecule is CCNCC1CCc2nc(C3CCCO3)ncc2C1. The number of nitrogens with one attached hydrogen (secondary N) is 1. The highest BCUT2D eigenvalue weighted by Gasteiger charge is 2.24. The van der Waals surface area contributed by atoms with Crippen LogP contribution in [0.1, 0.15) is 49.4 Å². The minimum atomic E-state index is 0.143. The maximum atomic E-state index is 5.67. The fraction of sp³-hybridized carbons (Fsp3) is 0.733. The summed E-state index contributed by atoms with van der Waals surface area (Å²) in [6, 6.07) is 0. The summed E-state index contributed by atoms with van der Waals surface area (Å²) in [6.45, 7) is 5.19. The second kappa shape index (κ2) is 5.97. The summed E-state index contributed by atoms with van der Waals surface area (Å²) in [7, 11) is 0. The monoisotopic (exact) mass is 261 g/mol. The van der Waals surface area contributed by atoms with Crippen LogP contribution in [-0.4, -0.2) is 29.7 Å². The first-order valence-corrected chi connectivity index (χ1v) is 7.54. The van der Waals surface area contributed by atoms with Crippen LogP contribution in [0, 0.1) is 5.92 Å². The summed E-state index contributed by atoms with van der Waals surface area (Å²) in [5.41, 5.74) is 2.60. The molecule has 2 atom stereocenters. The van der Waals surface area contributed by atoms with E-state index in [4.69, 9.17) is 9.72 Å². The number of hydrogen-bond donors (Lipinski definition) is 1. The van der Waals surface area contributed by atoms with Gasteiger partial charge in [-0.3, -0.25) is 0 Å². The van der Waals surface area contributed by atoms with Gasteiger partial charge in [0.2, 0.25) is 0 Å². The molecular formula is C15H23N3O. The van der Waals surface area contributed by atoms with E-state index in [1.807, 2.05) is 6.20 Å². The van der Waals surface area contributed by atoms with Crippen LogP contribution in [0.4, 0.5) is 0 Å². The summed E-state index contributed by atoms with van der Waals surface area (Å²) in [6.07, 6.45) is 7.84. The van der Waals surface area contributed by atoms with Crippen molar-refractivity contribution >= 4 is 0 Å². The van der Waals surface area contributed by atoms with Crippen LogP contribution in [-0.2, 0) is 17.6 Å². The van der Waals surface area contributed by atoms with Gasteiger partial charge in [0, 0.05) is 18.5 Å². The fourth-order valence-electron chi connectivity index (χ4n) is 3.06. The van der Waals surface area contributed by atoms with E-state index in [0.717, 1.165) is 57.1 Å². The van der Waals surface area contributed by atoms with Crippen molar-refractivity contribution in [3.63, 3.8) is 0 Å². The molecule has 0 aromatic carbocycles. The maximum Gasteiger partial charge on any atom is 0.157 e. The molecule has 4 heteroatoms. The maximum absolute atomic E-state index is 5.67. The molecule has 1 N–H and O–H groups in total. The van der Waals surface area contributed by atoms with Gasteiger partial charge in [-0.25, -0.2) is 9.97 Å². The van der Waals surface area contributed by atoms with Gasteiger partial charge in [-0.15, -0.1) is 0 Å². The standard InChI is InChI=1S/C15H23N3O/c1-2-16-9-11-5-6-13-12(8-11)10-17-15(18-13)14-4-3-7-19-14/h10-11,14,16H,2-9H2,1H3. The van der Waals surface area contributed by atoms with Crippen molar-refractivity contribution in [3.05, 3.63) is 23.3 Å². The Morgan fingerprint density at radius 1 is 1.42 bits per heavy atom. The third kappa shape index (κ3) is 2.95. The Balaban J connectivity index is 1.69. The molecule has 1 aromatic heterocycles. The number of rotatable bonds is 4. The molecule has 0 saturated carbocycles. The number of ether oxygens (including phenoxy) is 1. The van der Waals surface area contributed by atoms with E-state index >= 15 is 0 Å². The largest absolute Gasteiger partial charge is 0.370 e. The molecule has 0 amide bonds. The van der Waals surface area contributed by atoms with Crippen molar-refractivity contribution in [3.8, 4) is 0 Å². The number of aryl methyl sites for hydroxylation is 1. The number of nitrogens with zero attached hydrogens (tertiary/aromatic N) is 2. The van der Waals surface area contributed by atoms with E-state index in [9.17, 15) is 0 Å². The predicted molar refractivity (Wildman–Crippen MR) is 74.0 cm³/mol. The highest BCUT2D eigenvalue weighted by molar-refractivity contribution is 5.22. The van der Waals surface area contributed by atoms with Crippen LogP contribution < -0.4 is 5.32 Å². The molecule has 3 rings (SSSR count). The second-order valence-corrected chi connectivity index (χ2v) is 5.62. The Morgan fingerprint density at radius 2 is 2.37 bits per heavy atom. The quantitative estimate of drug-likeness (QED) is 0.901. The van der Waals surface area contributed by atoms with Gasteiger partial charge in [-0.2, -0.15) is 0 Å². The lowest BCUT2D eigenvalue weighted by atomic mass is 9.87. The smallest absolute Gasteiger partial charge is 0.157 e. The summed E-state index contributed by atoms with van der Waals surface area (Å²) < 4.78 is 5.67. The average molecular weight is 261 g/mol. The van der Waals surface area contributed by atoms with Gasteiger partial charge in [-0.05, 0) is 56.7 Å². The fourth-order valence-corrected chi connectivity index (χ4v) is 3.06. The highest BCUT2D eigenvalue weighted by Crippen LogP contribution is 2.29. The van der Waals surface area contributed by atoms with E-state index in [1.54, 1.807) is 0 Å². The van der Waals surface area contributed by atoms with Crippen molar-refractivity contribution in [2.75, 3.05) is 19.7 Å². The lowest BCUT2D eigenvalue weighted by Crippen LogP contribution is -2.28. The summed E-state index contributed by atoms with van der Waals surface area (Å²) in [5.74, 6) is 1.64. The van der Waals surface area contributed by atoms with E-state index in [2.05, 4.69) is 17.2 Å². The van der Waals surface area contributed by atoms with Crippen molar-refractivity contribution in [1.82, 2.24) is 15.3 Å². The van der Waals surface area contributed by atoms with Crippen molar-refractivity contribution in [2.24, 2.45) is 5.92 Å². The summed E-state index contributed by atoms with van der Waals surface area (Å²) >= 11 is 0. The molecule has 2 unspecified atom stereocenters. The van der Waals surface area contributed by atoms with Crippen LogP contribution in [0.5, 0.6) is 0 Å². The third-order valence-electron chi connectivity index (χ3n) is 4.17. The van der Waals surface area contributed by atoms with Gasteiger partial charge in [0.05, 0.1) is 0 Å². The summed E-state index contributed by atoms with van der Waals surface area (Å²) in [4.78, 5) is 9.29. The molecule has 4 nitrogen and oxygen atoms in total. The molecule has 1 fully saturated rings. The van der Waals surface area contributed by atoms with E-state index < -0.39 is 0 Å². The Labute approximate surface area is 115 Å². The zero-order valence-corrected chi connectivity index (χ0v) is 11.7. The van der Waals surface area contributed by atoms with Crippen molar-refractivity contribution in [1.29, 1.82) is 0 Å². The minimum Gasteiger partial charge on any atom is -0.370 e. The molecule has 2 aliphatic rings. The normalized spacial score (nSPS) is 26.4. The first-order chi connectivity index (χ1) is 9.36. The molecule has 0 bridgehead atoms. The lowest BCUT2D eigenvalue weighted by molar-refractivity contribution is 0.104. The molecule has 104 valence electrons. The highest BCUT2D eigenvalue weighted by atomic mass is 16.5. The number of aromatic nitrogens is 2. The molecule has 19 heavy (non-hydrogen) atoms. The molecule has 0 radical (unpaired) electrons. The molecular weight excluding hydrogens is 238 g/mol. The molecule has 1 aliphatic heterocycles. The molecule has 1 aliphatic carbocycles. The van der Waals surface area contributed by atoms with Crippen molar-refractivity contribution in [2.45, 2.75) is 45.1 Å². The van der Waals surface area contributed by atoms with Crippen LogP contribution in [0.25, 0.3) is 0 Å². The van der Waals surface area contributed by atoms with Gasteiger partial charge >= 0.3 is 0 Å². The summed E-state index contributed by atoms with van der Waals surface area (Å²) in [5, 5.41) is 3.44. The Morgan fingerprint density at radius 3 is 3.16 bits per heavy atom. The van der Waals surface area contributed by atoms with E-state index in [0.29, 0.717) is 0 Å². The zero-order valence-electron chi connectivity index (χ0n) is 11.7. The Hall–Kier alpha value is -1.00. The molecule has 2 heterocycles. The van der Waals surface area contributed by atoms with Gasteiger partial charge in [0.15, 0.2) is 5.82 Å². The van der Waals surface area contributed by atoms with E-state index in [1.165, 1.54) is 17.7 Å². The minimum absolute atomic E-state index is 0.143. The van der Waals surface area contributed by atoms with E-state index in [-0.39, 0.29) is 6.10 Å². The zero-order chi connectivity index (χ0) is 13.1. The molecule has 0 spiro atoms. The Kier molecular flexibility index (Phi) is 4.09. The number of hydrogen-bond acceptors (Lipinski definition) is 4. The van der Waals surface area contributed by atoms with Crippen LogP contribution >= 0.6 is 0 Å². The van der Waals surface area contributed by atoms with Gasteiger partial charge in [0.1, 0.15) is 6.10 Å². The first kappa shape index (κ1) is 13.0. The average Bonchev–Trinajstić information content (AvgIpc) is 2.98. The topological polar surface area (TPSA) is 47.0 Å². The molecule has 1 aromatic rings. The van der Waals surface area contributed by atoms with Crippen LogP contribution in [0.2, 0.25) is 0 Å². The third-order valence-corrected chi connectivity index (χ3v) is 4.17. The van der Waals surface area contributed by atoms with Crippen molar-refractivity contribution < 1.29 is 4.74 Å². The lowest BCUT2D eigenvalue weighted by Gasteiger charge is -2.24. The van der Waals surface area contributed by atoms with Crippen LogP contribution in [0.3, 0.4) is 0 Å². The molecule has 1 saturated heterocycles. The Bertz CT molecular complexity index is 429. The van der Waals surface area contributed by atoms with Gasteiger partial charge < -0.3 is 10.1 Å². The first-order valence-electron chi connectivity index (χ1n) is 7.54. The number of fused-ring (bicyclic) bond motifs is 1. The van der Waals surface area contributed by atoms with Gasteiger partial charge in [0.25, 0.3) is 0 Å². The predicted octanol–water partition coefficient (Wildman–Crippen LogP) is 2.04. The van der Waals surface area contributed by atoms with Gasteiger partial charge in [-0.1, -0.05) is 6.92 Å². The second-order valence-electron chi connectivity index (χ2n) is 5.62.